The van der Waals surface area contributed by atoms with Crippen LogP contribution >= 0.6 is 11.3 Å². The van der Waals surface area contributed by atoms with E-state index < -0.39 is 21.9 Å². The maximum atomic E-state index is 13.0. The number of carbonyl (C=O) groups excluding carboxylic acids is 2. The van der Waals surface area contributed by atoms with Crippen molar-refractivity contribution in [3.63, 3.8) is 0 Å². The Morgan fingerprint density at radius 2 is 1.81 bits per heavy atom. The van der Waals surface area contributed by atoms with Crippen LogP contribution in [0.4, 0.5) is 0 Å². The second-order valence-electron chi connectivity index (χ2n) is 7.90. The van der Waals surface area contributed by atoms with Crippen LogP contribution < -0.4 is 9.54 Å². The average molecular weight is 534 g/mol. The summed E-state index contributed by atoms with van der Waals surface area (Å²) < 4.78 is 40.1. The van der Waals surface area contributed by atoms with Crippen molar-refractivity contribution < 1.29 is 27.5 Å². The SMILES string of the molecule is CCCCN(CC)S(=O)(=O)c1ccc(C(=O)N=c2sc3cc(OCC)ccc3n2CC(=O)OC)cc1. The second kappa shape index (κ2) is 12.3. The number of fused-ring (bicyclic) bond motifs is 1. The number of rotatable bonds is 11. The van der Waals surface area contributed by atoms with Gasteiger partial charge in [0, 0.05) is 18.7 Å². The first kappa shape index (κ1) is 27.6. The molecule has 9 nitrogen and oxygen atoms in total. The van der Waals surface area contributed by atoms with E-state index in [1.54, 1.807) is 23.6 Å². The van der Waals surface area contributed by atoms with E-state index in [1.807, 2.05) is 19.9 Å². The minimum Gasteiger partial charge on any atom is -0.494 e. The molecule has 194 valence electrons. The number of esters is 1. The van der Waals surface area contributed by atoms with E-state index in [4.69, 9.17) is 9.47 Å². The summed E-state index contributed by atoms with van der Waals surface area (Å²) in [4.78, 5) is 29.7. The third kappa shape index (κ3) is 6.21. The van der Waals surface area contributed by atoms with Crippen molar-refractivity contribution in [2.24, 2.45) is 4.99 Å². The molecule has 0 fully saturated rings. The van der Waals surface area contributed by atoms with Gasteiger partial charge < -0.3 is 14.0 Å². The Kier molecular flexibility index (Phi) is 9.41. The second-order valence-corrected chi connectivity index (χ2v) is 10.8. The first-order valence-corrected chi connectivity index (χ1v) is 14.0. The number of carbonyl (C=O) groups is 2. The Labute approximate surface area is 215 Å². The topological polar surface area (TPSA) is 107 Å². The van der Waals surface area contributed by atoms with Crippen LogP contribution in [0.5, 0.6) is 5.75 Å². The lowest BCUT2D eigenvalue weighted by Crippen LogP contribution is -2.31. The fourth-order valence-electron chi connectivity index (χ4n) is 3.59. The molecule has 3 aromatic rings. The van der Waals surface area contributed by atoms with Crippen molar-refractivity contribution in [3.05, 3.63) is 52.8 Å². The largest absolute Gasteiger partial charge is 0.494 e. The van der Waals surface area contributed by atoms with Crippen molar-refractivity contribution in [2.75, 3.05) is 26.8 Å². The zero-order valence-electron chi connectivity index (χ0n) is 20.9. The zero-order valence-corrected chi connectivity index (χ0v) is 22.5. The van der Waals surface area contributed by atoms with Gasteiger partial charge in [0.1, 0.15) is 12.3 Å². The molecule has 0 atom stereocenters. The number of unbranched alkanes of at least 4 members (excludes halogenated alkanes) is 1. The van der Waals surface area contributed by atoms with E-state index in [2.05, 4.69) is 4.99 Å². The lowest BCUT2D eigenvalue weighted by Gasteiger charge is -2.20. The van der Waals surface area contributed by atoms with Crippen molar-refractivity contribution in [3.8, 4) is 5.75 Å². The minimum absolute atomic E-state index is 0.113. The monoisotopic (exact) mass is 533 g/mol. The van der Waals surface area contributed by atoms with Crippen LogP contribution in [0.25, 0.3) is 10.2 Å². The fraction of sp³-hybridized carbons (Fsp3) is 0.400. The number of amides is 1. The van der Waals surface area contributed by atoms with Crippen LogP contribution in [0, 0.1) is 0 Å². The molecule has 0 aliphatic carbocycles. The van der Waals surface area contributed by atoms with E-state index >= 15 is 0 Å². The van der Waals surface area contributed by atoms with Gasteiger partial charge in [-0.2, -0.15) is 9.30 Å². The van der Waals surface area contributed by atoms with Crippen LogP contribution in [0.15, 0.2) is 52.4 Å². The molecule has 0 bridgehead atoms. The highest BCUT2D eigenvalue weighted by Crippen LogP contribution is 2.24. The van der Waals surface area contributed by atoms with Crippen molar-refractivity contribution >= 4 is 43.5 Å². The van der Waals surface area contributed by atoms with Crippen molar-refractivity contribution in [1.82, 2.24) is 8.87 Å². The number of nitrogens with zero attached hydrogens (tertiary/aromatic N) is 3. The molecular formula is C25H31N3O6S2. The highest BCUT2D eigenvalue weighted by Gasteiger charge is 2.23. The smallest absolute Gasteiger partial charge is 0.325 e. The van der Waals surface area contributed by atoms with Crippen LogP contribution in [0.1, 0.15) is 44.0 Å². The van der Waals surface area contributed by atoms with Gasteiger partial charge in [0.15, 0.2) is 4.80 Å². The van der Waals surface area contributed by atoms with Crippen LogP contribution in [-0.2, 0) is 26.1 Å². The molecule has 0 radical (unpaired) electrons. The maximum Gasteiger partial charge on any atom is 0.325 e. The molecular weight excluding hydrogens is 502 g/mol. The highest BCUT2D eigenvalue weighted by atomic mass is 32.2. The Balaban J connectivity index is 1.97. The first-order chi connectivity index (χ1) is 17.2. The van der Waals surface area contributed by atoms with Gasteiger partial charge in [-0.3, -0.25) is 9.59 Å². The number of hydrogen-bond acceptors (Lipinski definition) is 7. The molecule has 1 heterocycles. The summed E-state index contributed by atoms with van der Waals surface area (Å²) >= 11 is 1.25. The average Bonchev–Trinajstić information content (AvgIpc) is 3.20. The van der Waals surface area contributed by atoms with E-state index in [0.717, 1.165) is 17.5 Å². The quantitative estimate of drug-likeness (QED) is 0.347. The lowest BCUT2D eigenvalue weighted by molar-refractivity contribution is -0.141. The summed E-state index contributed by atoms with van der Waals surface area (Å²) in [5.41, 5.74) is 0.955. The van der Waals surface area contributed by atoms with Gasteiger partial charge in [-0.25, -0.2) is 8.42 Å². The Morgan fingerprint density at radius 3 is 2.42 bits per heavy atom. The molecule has 11 heteroatoms. The number of methoxy groups -OCH3 is 1. The number of benzene rings is 2. The van der Waals surface area contributed by atoms with Gasteiger partial charge >= 0.3 is 5.97 Å². The molecule has 0 saturated heterocycles. The molecule has 0 spiro atoms. The molecule has 0 saturated carbocycles. The van der Waals surface area contributed by atoms with Gasteiger partial charge in [0.2, 0.25) is 10.0 Å². The molecule has 0 aliphatic heterocycles. The Bertz CT molecular complexity index is 1390. The van der Waals surface area contributed by atoms with Gasteiger partial charge in [0.25, 0.3) is 5.91 Å². The minimum atomic E-state index is -3.65. The molecule has 1 amide bonds. The van der Waals surface area contributed by atoms with Crippen molar-refractivity contribution in [1.29, 1.82) is 0 Å². The molecule has 3 rings (SSSR count). The van der Waals surface area contributed by atoms with Gasteiger partial charge in [0.05, 0.1) is 28.8 Å². The third-order valence-electron chi connectivity index (χ3n) is 5.53. The Hall–Kier alpha value is -3.02. The van der Waals surface area contributed by atoms with E-state index in [0.29, 0.717) is 35.8 Å². The summed E-state index contributed by atoms with van der Waals surface area (Å²) in [6.07, 6.45) is 1.66. The van der Waals surface area contributed by atoms with E-state index in [-0.39, 0.29) is 17.0 Å². The number of sulfonamides is 1. The molecule has 1 aromatic heterocycles. The van der Waals surface area contributed by atoms with Crippen LogP contribution in [-0.4, -0.2) is 56.0 Å². The predicted molar refractivity (Wildman–Crippen MR) is 139 cm³/mol. The van der Waals surface area contributed by atoms with Gasteiger partial charge in [-0.05, 0) is 55.8 Å². The molecule has 36 heavy (non-hydrogen) atoms. The Morgan fingerprint density at radius 1 is 1.08 bits per heavy atom. The first-order valence-electron chi connectivity index (χ1n) is 11.8. The summed E-state index contributed by atoms with van der Waals surface area (Å²) in [7, 11) is -2.35. The summed E-state index contributed by atoms with van der Waals surface area (Å²) in [5.74, 6) is -0.353. The normalized spacial score (nSPS) is 12.3. The molecule has 0 unspecified atom stereocenters. The zero-order chi connectivity index (χ0) is 26.3. The van der Waals surface area contributed by atoms with Crippen LogP contribution in [0.2, 0.25) is 0 Å². The fourth-order valence-corrected chi connectivity index (χ4v) is 6.14. The number of thiazole rings is 1. The number of aromatic nitrogens is 1. The van der Waals surface area contributed by atoms with Crippen molar-refractivity contribution in [2.45, 2.75) is 45.1 Å². The molecule has 2 aromatic carbocycles. The van der Waals surface area contributed by atoms with Crippen LogP contribution in [0.3, 0.4) is 0 Å². The predicted octanol–water partition coefficient (Wildman–Crippen LogP) is 3.83. The number of ether oxygens (including phenoxy) is 2. The maximum absolute atomic E-state index is 13.0. The summed E-state index contributed by atoms with van der Waals surface area (Å²) in [6.45, 7) is 6.91. The van der Waals surface area contributed by atoms with Gasteiger partial charge in [-0.15, -0.1) is 0 Å². The van der Waals surface area contributed by atoms with E-state index in [9.17, 15) is 18.0 Å². The third-order valence-corrected chi connectivity index (χ3v) is 8.56. The highest BCUT2D eigenvalue weighted by molar-refractivity contribution is 7.89. The summed E-state index contributed by atoms with van der Waals surface area (Å²) in [6, 6.07) is 11.2. The van der Waals surface area contributed by atoms with E-state index in [1.165, 1.54) is 47.0 Å². The number of hydrogen-bond donors (Lipinski definition) is 0. The standard InChI is InChI=1S/C25H31N3O6S2/c1-5-8-15-27(6-2)36(31,32)20-12-9-18(10-13-20)24(30)26-25-28(17-23(29)33-4)21-14-11-19(34-7-3)16-22(21)35-25/h9-14,16H,5-8,15,17H2,1-4H3. The lowest BCUT2D eigenvalue weighted by atomic mass is 10.2. The molecule has 0 N–H and O–H groups in total. The van der Waals surface area contributed by atoms with Gasteiger partial charge in [-0.1, -0.05) is 31.6 Å². The summed E-state index contributed by atoms with van der Waals surface area (Å²) in [5, 5.41) is 0. The molecule has 0 aliphatic rings.